The molecule has 1 aliphatic rings. The summed E-state index contributed by atoms with van der Waals surface area (Å²) in [4.78, 5) is 10.3. The number of nitrogens with zero attached hydrogens (tertiary/aromatic N) is 3. The van der Waals surface area contributed by atoms with E-state index >= 15 is 0 Å². The fourth-order valence-corrected chi connectivity index (χ4v) is 3.01. The smallest absolute Gasteiger partial charge is 0.180 e. The predicted octanol–water partition coefficient (Wildman–Crippen LogP) is 1.25. The minimum atomic E-state index is 0.228. The predicted molar refractivity (Wildman–Crippen MR) is 68.5 cm³/mol. The van der Waals surface area contributed by atoms with E-state index in [2.05, 4.69) is 35.7 Å². The number of hydrogen-bond donors (Lipinski definition) is 1. The Kier molecular flexibility index (Phi) is 3.19. The van der Waals surface area contributed by atoms with Gasteiger partial charge < -0.3 is 10.6 Å². The summed E-state index contributed by atoms with van der Waals surface area (Å²) in [5.41, 5.74) is 5.88. The molecule has 5 heteroatoms. The van der Waals surface area contributed by atoms with Crippen LogP contribution in [0.5, 0.6) is 0 Å². The van der Waals surface area contributed by atoms with E-state index in [0.717, 1.165) is 26.2 Å². The summed E-state index contributed by atoms with van der Waals surface area (Å²) >= 11 is 1.59. The summed E-state index contributed by atoms with van der Waals surface area (Å²) in [5.74, 6) is 0. The van der Waals surface area contributed by atoms with Crippen molar-refractivity contribution < 1.29 is 0 Å². The van der Waals surface area contributed by atoms with Crippen LogP contribution in [-0.2, 0) is 6.54 Å². The summed E-state index contributed by atoms with van der Waals surface area (Å²) < 4.78 is 0. The van der Waals surface area contributed by atoms with Crippen LogP contribution in [0.25, 0.3) is 0 Å². The Bertz CT molecular complexity index is 361. The number of nitrogen functional groups attached to an aromatic ring is 1. The molecule has 0 spiro atoms. The van der Waals surface area contributed by atoms with Gasteiger partial charge in [0.05, 0.1) is 0 Å². The minimum absolute atomic E-state index is 0.228. The van der Waals surface area contributed by atoms with Crippen LogP contribution in [0, 0.1) is 0 Å². The van der Waals surface area contributed by atoms with Crippen LogP contribution in [-0.4, -0.2) is 47.0 Å². The molecule has 4 nitrogen and oxygen atoms in total. The van der Waals surface area contributed by atoms with Gasteiger partial charge in [0.2, 0.25) is 0 Å². The van der Waals surface area contributed by atoms with Gasteiger partial charge in [-0.15, -0.1) is 11.3 Å². The monoisotopic (exact) mass is 240 g/mol. The molecular weight excluding hydrogens is 220 g/mol. The lowest BCUT2D eigenvalue weighted by atomic mass is 9.99. The number of thiazole rings is 1. The molecule has 1 aliphatic heterocycles. The molecule has 2 rings (SSSR count). The third kappa shape index (κ3) is 2.53. The van der Waals surface area contributed by atoms with Crippen molar-refractivity contribution in [3.63, 3.8) is 0 Å². The lowest BCUT2D eigenvalue weighted by Crippen LogP contribution is -2.57. The lowest BCUT2D eigenvalue weighted by molar-refractivity contribution is 0.0261. The van der Waals surface area contributed by atoms with Gasteiger partial charge in [-0.3, -0.25) is 4.90 Å². The van der Waals surface area contributed by atoms with Crippen LogP contribution >= 0.6 is 11.3 Å². The Morgan fingerprint density at radius 3 is 2.81 bits per heavy atom. The highest BCUT2D eigenvalue weighted by atomic mass is 32.1. The minimum Gasteiger partial charge on any atom is -0.375 e. The molecule has 2 heterocycles. The van der Waals surface area contributed by atoms with E-state index in [1.165, 1.54) is 4.88 Å². The van der Waals surface area contributed by atoms with Crippen molar-refractivity contribution in [3.05, 3.63) is 11.1 Å². The van der Waals surface area contributed by atoms with Crippen molar-refractivity contribution in [1.82, 2.24) is 14.8 Å². The van der Waals surface area contributed by atoms with Crippen molar-refractivity contribution >= 4 is 16.5 Å². The van der Waals surface area contributed by atoms with Gasteiger partial charge in [0.1, 0.15) is 0 Å². The number of rotatable bonds is 2. The van der Waals surface area contributed by atoms with E-state index in [1.54, 1.807) is 11.3 Å². The molecule has 16 heavy (non-hydrogen) atoms. The number of anilines is 1. The first kappa shape index (κ1) is 11.8. The van der Waals surface area contributed by atoms with Crippen LogP contribution in [0.3, 0.4) is 0 Å². The van der Waals surface area contributed by atoms with Gasteiger partial charge in [0.15, 0.2) is 5.13 Å². The van der Waals surface area contributed by atoms with Gasteiger partial charge in [-0.2, -0.15) is 0 Å². The highest BCUT2D eigenvalue weighted by Crippen LogP contribution is 2.25. The lowest BCUT2D eigenvalue weighted by Gasteiger charge is -2.46. The summed E-state index contributed by atoms with van der Waals surface area (Å²) in [5, 5.41) is 0.668. The Labute approximate surface area is 101 Å². The third-order valence-electron chi connectivity index (χ3n) is 3.18. The summed E-state index contributed by atoms with van der Waals surface area (Å²) in [7, 11) is 2.18. The Morgan fingerprint density at radius 2 is 2.25 bits per heavy atom. The molecule has 1 aromatic heterocycles. The topological polar surface area (TPSA) is 45.4 Å². The quantitative estimate of drug-likeness (QED) is 0.845. The number of aromatic nitrogens is 1. The summed E-state index contributed by atoms with van der Waals surface area (Å²) in [6, 6.07) is 0. The first-order valence-corrected chi connectivity index (χ1v) is 6.43. The molecule has 90 valence electrons. The molecule has 0 amide bonds. The molecule has 1 aromatic rings. The number of hydrogen-bond acceptors (Lipinski definition) is 5. The zero-order valence-corrected chi connectivity index (χ0v) is 11.0. The van der Waals surface area contributed by atoms with E-state index in [1.807, 2.05) is 6.20 Å². The number of likely N-dealkylation sites (N-methyl/N-ethyl adjacent to an activating group) is 1. The van der Waals surface area contributed by atoms with Crippen molar-refractivity contribution in [2.45, 2.75) is 25.9 Å². The summed E-state index contributed by atoms with van der Waals surface area (Å²) in [6.45, 7) is 8.93. The molecule has 1 saturated heterocycles. The van der Waals surface area contributed by atoms with Crippen LogP contribution in [0.15, 0.2) is 6.20 Å². The average Bonchev–Trinajstić information content (AvgIpc) is 2.56. The Balaban J connectivity index is 2.04. The molecule has 0 aliphatic carbocycles. The van der Waals surface area contributed by atoms with Crippen LogP contribution in [0.2, 0.25) is 0 Å². The maximum absolute atomic E-state index is 5.65. The van der Waals surface area contributed by atoms with Gasteiger partial charge in [-0.05, 0) is 20.9 Å². The maximum atomic E-state index is 5.65. The van der Waals surface area contributed by atoms with Gasteiger partial charge in [-0.1, -0.05) is 0 Å². The second-order valence-electron chi connectivity index (χ2n) is 5.14. The second kappa shape index (κ2) is 4.31. The maximum Gasteiger partial charge on any atom is 0.180 e. The van der Waals surface area contributed by atoms with Crippen LogP contribution in [0.4, 0.5) is 5.13 Å². The molecule has 2 N–H and O–H groups in total. The zero-order chi connectivity index (χ0) is 11.8. The molecule has 1 fully saturated rings. The SMILES string of the molecule is CN1CCN(Cc2cnc(N)s2)C(C)(C)C1. The van der Waals surface area contributed by atoms with E-state index in [0.29, 0.717) is 5.13 Å². The van der Waals surface area contributed by atoms with Crippen molar-refractivity contribution in [2.75, 3.05) is 32.4 Å². The third-order valence-corrected chi connectivity index (χ3v) is 3.99. The molecule has 0 aromatic carbocycles. The molecule has 0 atom stereocenters. The van der Waals surface area contributed by atoms with E-state index in [4.69, 9.17) is 5.73 Å². The molecule has 0 bridgehead atoms. The molecular formula is C11H20N4S. The van der Waals surface area contributed by atoms with Gasteiger partial charge in [0.25, 0.3) is 0 Å². The number of piperazine rings is 1. The molecule has 0 radical (unpaired) electrons. The first-order chi connectivity index (χ1) is 7.47. The Morgan fingerprint density at radius 1 is 1.50 bits per heavy atom. The normalized spacial score (nSPS) is 22.4. The fourth-order valence-electron chi connectivity index (χ4n) is 2.31. The highest BCUT2D eigenvalue weighted by molar-refractivity contribution is 7.15. The molecule has 0 unspecified atom stereocenters. The van der Waals surface area contributed by atoms with E-state index in [-0.39, 0.29) is 5.54 Å². The van der Waals surface area contributed by atoms with Gasteiger partial charge in [-0.25, -0.2) is 4.98 Å². The van der Waals surface area contributed by atoms with E-state index < -0.39 is 0 Å². The molecule has 0 saturated carbocycles. The standard InChI is InChI=1S/C11H20N4S/c1-11(2)8-14(3)4-5-15(11)7-9-6-13-10(12)16-9/h6H,4-5,7-8H2,1-3H3,(H2,12,13). The van der Waals surface area contributed by atoms with Crippen LogP contribution < -0.4 is 5.73 Å². The van der Waals surface area contributed by atoms with Crippen LogP contribution in [0.1, 0.15) is 18.7 Å². The number of nitrogens with two attached hydrogens (primary N) is 1. The Hall–Kier alpha value is -0.650. The van der Waals surface area contributed by atoms with Crippen molar-refractivity contribution in [1.29, 1.82) is 0 Å². The van der Waals surface area contributed by atoms with Crippen molar-refractivity contribution in [3.8, 4) is 0 Å². The van der Waals surface area contributed by atoms with Gasteiger partial charge in [0, 0.05) is 42.8 Å². The highest BCUT2D eigenvalue weighted by Gasteiger charge is 2.32. The zero-order valence-electron chi connectivity index (χ0n) is 10.2. The van der Waals surface area contributed by atoms with Gasteiger partial charge >= 0.3 is 0 Å². The fraction of sp³-hybridized carbons (Fsp3) is 0.727. The average molecular weight is 240 g/mol. The second-order valence-corrected chi connectivity index (χ2v) is 6.28. The van der Waals surface area contributed by atoms with E-state index in [9.17, 15) is 0 Å². The summed E-state index contributed by atoms with van der Waals surface area (Å²) in [6.07, 6.45) is 1.90. The largest absolute Gasteiger partial charge is 0.375 e. The van der Waals surface area contributed by atoms with Crippen molar-refractivity contribution in [2.24, 2.45) is 0 Å². The first-order valence-electron chi connectivity index (χ1n) is 5.61.